The molecule has 1 N–H and O–H groups in total. The first-order valence-electron chi connectivity index (χ1n) is 10.3. The highest BCUT2D eigenvalue weighted by Crippen LogP contribution is 2.51. The number of esters is 1. The second kappa shape index (κ2) is 7.54. The Morgan fingerprint density at radius 1 is 1.12 bits per heavy atom. The summed E-state index contributed by atoms with van der Waals surface area (Å²) in [6.45, 7) is 3.62. The molecular formula is C24H20O9. The van der Waals surface area contributed by atoms with Crippen LogP contribution < -0.4 is 24.6 Å². The summed E-state index contributed by atoms with van der Waals surface area (Å²) < 4.78 is 27.8. The summed E-state index contributed by atoms with van der Waals surface area (Å²) in [5.41, 5.74) is 0.652. The first-order chi connectivity index (χ1) is 15.8. The molecular weight excluding hydrogens is 432 g/mol. The molecule has 9 nitrogen and oxygen atoms in total. The van der Waals surface area contributed by atoms with E-state index in [1.807, 2.05) is 0 Å². The van der Waals surface area contributed by atoms with Crippen LogP contribution in [0.3, 0.4) is 0 Å². The predicted octanol–water partition coefficient (Wildman–Crippen LogP) is 3.23. The number of fused-ring (bicyclic) bond motifs is 4. The molecule has 2 aromatic carbocycles. The zero-order valence-corrected chi connectivity index (χ0v) is 18.1. The molecule has 0 saturated heterocycles. The number of aromatic hydroxyl groups is 1. The minimum absolute atomic E-state index is 0.0591. The van der Waals surface area contributed by atoms with E-state index in [1.165, 1.54) is 20.1 Å². The van der Waals surface area contributed by atoms with Crippen LogP contribution in [-0.4, -0.2) is 37.2 Å². The average Bonchev–Trinajstić information content (AvgIpc) is 2.76. The van der Waals surface area contributed by atoms with E-state index in [0.29, 0.717) is 47.2 Å². The molecule has 33 heavy (non-hydrogen) atoms. The number of carbonyl (C=O) groups is 2. The van der Waals surface area contributed by atoms with E-state index in [4.69, 9.17) is 23.4 Å². The maximum absolute atomic E-state index is 12.6. The van der Waals surface area contributed by atoms with Crippen LogP contribution in [0.25, 0.3) is 11.0 Å². The molecule has 0 aliphatic carbocycles. The van der Waals surface area contributed by atoms with Gasteiger partial charge in [0.2, 0.25) is 5.75 Å². The Morgan fingerprint density at radius 2 is 1.88 bits per heavy atom. The Hall–Kier alpha value is -4.01. The molecule has 2 aliphatic rings. The number of aryl methyl sites for hydroxylation is 1. The lowest BCUT2D eigenvalue weighted by Crippen LogP contribution is -2.24. The number of benzene rings is 2. The van der Waals surface area contributed by atoms with Crippen LogP contribution in [0.15, 0.2) is 27.4 Å². The van der Waals surface area contributed by atoms with Crippen LogP contribution in [-0.2, 0) is 4.79 Å². The molecule has 0 spiro atoms. The van der Waals surface area contributed by atoms with Crippen LogP contribution in [0.5, 0.6) is 28.7 Å². The summed E-state index contributed by atoms with van der Waals surface area (Å²) in [4.78, 5) is 37.4. The normalized spacial score (nSPS) is 16.8. The second-order valence-corrected chi connectivity index (χ2v) is 7.95. The summed E-state index contributed by atoms with van der Waals surface area (Å²) in [5.74, 6) is -0.964. The van der Waals surface area contributed by atoms with Gasteiger partial charge in [0.05, 0.1) is 18.9 Å². The van der Waals surface area contributed by atoms with Gasteiger partial charge in [-0.1, -0.05) is 0 Å². The standard InChI is InChI=1S/C24H20O9/c1-10-6-16(26)32-23-18(10)21(28)19(11(2)25)24-20(23)13(9-17(27)33-24)12-7-14(29-3)22-15(8-12)30-4-5-31-22/h6-8,13,28H,4-5,9H2,1-3H3. The van der Waals surface area contributed by atoms with Gasteiger partial charge >= 0.3 is 11.6 Å². The number of phenolic OH excluding ortho intramolecular Hbond substituents is 1. The fourth-order valence-corrected chi connectivity index (χ4v) is 4.52. The van der Waals surface area contributed by atoms with Crippen molar-refractivity contribution in [1.82, 2.24) is 0 Å². The second-order valence-electron chi connectivity index (χ2n) is 7.95. The molecule has 0 bridgehead atoms. The van der Waals surface area contributed by atoms with Crippen LogP contribution in [0.2, 0.25) is 0 Å². The fourth-order valence-electron chi connectivity index (χ4n) is 4.52. The Morgan fingerprint density at radius 3 is 2.61 bits per heavy atom. The van der Waals surface area contributed by atoms with Gasteiger partial charge in [-0.25, -0.2) is 4.79 Å². The van der Waals surface area contributed by atoms with Crippen molar-refractivity contribution in [2.75, 3.05) is 20.3 Å². The third-order valence-corrected chi connectivity index (χ3v) is 5.89. The lowest BCUT2D eigenvalue weighted by molar-refractivity contribution is -0.135. The van der Waals surface area contributed by atoms with Crippen molar-refractivity contribution < 1.29 is 38.1 Å². The summed E-state index contributed by atoms with van der Waals surface area (Å²) >= 11 is 0. The van der Waals surface area contributed by atoms with Crippen LogP contribution in [0, 0.1) is 6.92 Å². The van der Waals surface area contributed by atoms with Crippen molar-refractivity contribution in [2.24, 2.45) is 0 Å². The maximum atomic E-state index is 12.6. The van der Waals surface area contributed by atoms with Gasteiger partial charge in [0.1, 0.15) is 30.1 Å². The molecule has 0 amide bonds. The zero-order valence-electron chi connectivity index (χ0n) is 18.1. The number of hydrogen-bond acceptors (Lipinski definition) is 9. The minimum atomic E-state index is -0.669. The first-order valence-corrected chi connectivity index (χ1v) is 10.3. The van der Waals surface area contributed by atoms with E-state index in [0.717, 1.165) is 0 Å². The van der Waals surface area contributed by atoms with Crippen molar-refractivity contribution >= 4 is 22.7 Å². The van der Waals surface area contributed by atoms with Crippen molar-refractivity contribution in [2.45, 2.75) is 26.2 Å². The molecule has 5 rings (SSSR count). The molecule has 0 saturated carbocycles. The molecule has 0 radical (unpaired) electrons. The van der Waals surface area contributed by atoms with E-state index in [2.05, 4.69) is 0 Å². The summed E-state index contributed by atoms with van der Waals surface area (Å²) in [5, 5.41) is 11.1. The zero-order chi connectivity index (χ0) is 23.4. The Bertz CT molecular complexity index is 1380. The van der Waals surface area contributed by atoms with Crippen molar-refractivity contribution in [3.8, 4) is 28.7 Å². The Balaban J connectivity index is 1.87. The van der Waals surface area contributed by atoms with E-state index >= 15 is 0 Å². The highest BCUT2D eigenvalue weighted by atomic mass is 16.6. The predicted molar refractivity (Wildman–Crippen MR) is 115 cm³/mol. The quantitative estimate of drug-likeness (QED) is 0.276. The number of Topliss-reactive ketones (excluding diaryl/α,β-unsaturated/α-hetero) is 1. The van der Waals surface area contributed by atoms with E-state index in [1.54, 1.807) is 19.1 Å². The highest BCUT2D eigenvalue weighted by molar-refractivity contribution is 6.09. The van der Waals surface area contributed by atoms with Crippen LogP contribution in [0.4, 0.5) is 0 Å². The molecule has 3 heterocycles. The summed E-state index contributed by atoms with van der Waals surface area (Å²) in [6.07, 6.45) is -0.0926. The summed E-state index contributed by atoms with van der Waals surface area (Å²) in [6, 6.07) is 4.67. The van der Waals surface area contributed by atoms with Gasteiger partial charge in [0.15, 0.2) is 23.0 Å². The van der Waals surface area contributed by atoms with Crippen LogP contribution in [0.1, 0.15) is 46.3 Å². The van der Waals surface area contributed by atoms with Crippen LogP contribution >= 0.6 is 0 Å². The molecule has 1 unspecified atom stereocenters. The Labute approximate surface area is 187 Å². The molecule has 0 fully saturated rings. The van der Waals surface area contributed by atoms with Gasteiger partial charge in [0, 0.05) is 17.5 Å². The minimum Gasteiger partial charge on any atom is -0.506 e. The largest absolute Gasteiger partial charge is 0.506 e. The van der Waals surface area contributed by atoms with Crippen molar-refractivity contribution in [3.05, 3.63) is 50.9 Å². The number of carbonyl (C=O) groups excluding carboxylic acids is 2. The number of ether oxygens (including phenoxy) is 4. The third-order valence-electron chi connectivity index (χ3n) is 5.89. The third kappa shape index (κ3) is 3.19. The molecule has 170 valence electrons. The number of rotatable bonds is 3. The number of ketones is 1. The van der Waals surface area contributed by atoms with E-state index in [9.17, 15) is 19.5 Å². The maximum Gasteiger partial charge on any atom is 0.336 e. The van der Waals surface area contributed by atoms with E-state index in [-0.39, 0.29) is 28.7 Å². The van der Waals surface area contributed by atoms with Gasteiger partial charge in [-0.3, -0.25) is 9.59 Å². The smallest absolute Gasteiger partial charge is 0.336 e. The van der Waals surface area contributed by atoms with Crippen molar-refractivity contribution in [1.29, 1.82) is 0 Å². The molecule has 1 aromatic heterocycles. The highest BCUT2D eigenvalue weighted by Gasteiger charge is 2.38. The molecule has 9 heteroatoms. The van der Waals surface area contributed by atoms with Gasteiger partial charge in [0.25, 0.3) is 0 Å². The topological polar surface area (TPSA) is 122 Å². The molecule has 3 aromatic rings. The van der Waals surface area contributed by atoms with Gasteiger partial charge in [-0.05, 0) is 37.1 Å². The fraction of sp³-hybridized carbons (Fsp3) is 0.292. The van der Waals surface area contributed by atoms with E-state index < -0.39 is 29.0 Å². The monoisotopic (exact) mass is 452 g/mol. The number of hydrogen-bond donors (Lipinski definition) is 1. The molecule has 1 atom stereocenters. The lowest BCUT2D eigenvalue weighted by atomic mass is 9.82. The van der Waals surface area contributed by atoms with Gasteiger partial charge in [-0.2, -0.15) is 0 Å². The van der Waals surface area contributed by atoms with Gasteiger partial charge in [-0.15, -0.1) is 0 Å². The lowest BCUT2D eigenvalue weighted by Gasteiger charge is -2.29. The number of phenols is 1. The molecule has 2 aliphatic heterocycles. The SMILES string of the molecule is COc1cc(C2CC(=O)Oc3c(C(C)=O)c(O)c4c(C)cc(=O)oc4c32)cc2c1OCCO2. The van der Waals surface area contributed by atoms with Crippen molar-refractivity contribution in [3.63, 3.8) is 0 Å². The first kappa shape index (κ1) is 20.9. The number of methoxy groups -OCH3 is 1. The Kier molecular flexibility index (Phi) is 4.77. The average molecular weight is 452 g/mol. The summed E-state index contributed by atoms with van der Waals surface area (Å²) in [7, 11) is 1.49. The van der Waals surface area contributed by atoms with Gasteiger partial charge < -0.3 is 28.5 Å².